The Morgan fingerprint density at radius 2 is 2.28 bits per heavy atom. The number of aryl methyl sites for hydroxylation is 1. The van der Waals surface area contributed by atoms with Gasteiger partial charge in [-0.1, -0.05) is 20.8 Å². The average Bonchev–Trinajstić information content (AvgIpc) is 3.00. The number of morpholine rings is 1. The Hall–Kier alpha value is -1.60. The molecule has 7 nitrogen and oxygen atoms in total. The van der Waals surface area contributed by atoms with E-state index in [9.17, 15) is 0 Å². The van der Waals surface area contributed by atoms with Crippen molar-refractivity contribution in [3.05, 3.63) is 18.0 Å². The highest BCUT2D eigenvalue weighted by Gasteiger charge is 2.27. The third-order valence-electron chi connectivity index (χ3n) is 4.45. The molecule has 0 aliphatic carbocycles. The summed E-state index contributed by atoms with van der Waals surface area (Å²) in [6, 6.07) is 0. The van der Waals surface area contributed by atoms with Gasteiger partial charge in [-0.15, -0.1) is 0 Å². The monoisotopic (exact) mass is 351 g/mol. The summed E-state index contributed by atoms with van der Waals surface area (Å²) >= 11 is 0. The molecule has 2 atom stereocenters. The van der Waals surface area contributed by atoms with E-state index in [2.05, 4.69) is 43.0 Å². The molecule has 1 aromatic rings. The molecule has 1 aliphatic heterocycles. The second kappa shape index (κ2) is 8.67. The summed E-state index contributed by atoms with van der Waals surface area (Å²) in [6.45, 7) is 12.4. The molecule has 0 spiro atoms. The maximum Gasteiger partial charge on any atom is 0.194 e. The van der Waals surface area contributed by atoms with Crippen LogP contribution in [0.3, 0.4) is 0 Å². The van der Waals surface area contributed by atoms with Gasteiger partial charge in [0, 0.05) is 39.0 Å². The predicted molar refractivity (Wildman–Crippen MR) is 99.7 cm³/mol. The highest BCUT2D eigenvalue weighted by molar-refractivity contribution is 5.80. The second-order valence-corrected chi connectivity index (χ2v) is 7.54. The fourth-order valence-corrected chi connectivity index (χ4v) is 2.95. The van der Waals surface area contributed by atoms with Gasteiger partial charge in [-0.05, 0) is 12.3 Å². The summed E-state index contributed by atoms with van der Waals surface area (Å²) in [5.74, 6) is 0.922. The lowest BCUT2D eigenvalue weighted by atomic mass is 9.89. The lowest BCUT2D eigenvalue weighted by molar-refractivity contribution is -0.00854. The van der Waals surface area contributed by atoms with Gasteiger partial charge >= 0.3 is 0 Å². The summed E-state index contributed by atoms with van der Waals surface area (Å²) in [7, 11) is 3.68. The number of rotatable bonds is 5. The summed E-state index contributed by atoms with van der Waals surface area (Å²) in [6.07, 6.45) is 3.99. The third-order valence-corrected chi connectivity index (χ3v) is 4.45. The Bertz CT molecular complexity index is 564. The molecule has 1 N–H and O–H groups in total. The Morgan fingerprint density at radius 3 is 2.84 bits per heavy atom. The molecule has 25 heavy (non-hydrogen) atoms. The number of aromatic nitrogens is 2. The standard InChI is InChI=1S/C18H33N5O2/c1-7-19-17(20-11-16(24-6)18(2,3)4)23-8-9-25-15(13-23)14-10-21-22(5)12-14/h10,12,15-16H,7-9,11,13H2,1-6H3,(H,19,20). The molecule has 0 amide bonds. The van der Waals surface area contributed by atoms with E-state index >= 15 is 0 Å². The topological polar surface area (TPSA) is 63.9 Å². The first-order chi connectivity index (χ1) is 11.8. The highest BCUT2D eigenvalue weighted by atomic mass is 16.5. The fourth-order valence-electron chi connectivity index (χ4n) is 2.95. The summed E-state index contributed by atoms with van der Waals surface area (Å²) in [5, 5.41) is 7.66. The van der Waals surface area contributed by atoms with E-state index in [0.717, 1.165) is 31.2 Å². The summed E-state index contributed by atoms with van der Waals surface area (Å²) in [4.78, 5) is 7.10. The Labute approximate surface area is 151 Å². The number of aliphatic imine (C=N–C) groups is 1. The van der Waals surface area contributed by atoms with Crippen LogP contribution in [0.2, 0.25) is 0 Å². The largest absolute Gasteiger partial charge is 0.379 e. The van der Waals surface area contributed by atoms with Gasteiger partial charge in [-0.2, -0.15) is 5.10 Å². The van der Waals surface area contributed by atoms with E-state index in [1.54, 1.807) is 7.11 Å². The molecule has 1 aliphatic rings. The summed E-state index contributed by atoms with van der Waals surface area (Å²) < 4.78 is 13.4. The molecule has 2 unspecified atom stereocenters. The van der Waals surface area contributed by atoms with Crippen molar-refractivity contribution in [2.24, 2.45) is 17.5 Å². The van der Waals surface area contributed by atoms with Crippen molar-refractivity contribution in [3.63, 3.8) is 0 Å². The molecule has 0 radical (unpaired) electrons. The van der Waals surface area contributed by atoms with Crippen LogP contribution in [0, 0.1) is 5.41 Å². The van der Waals surface area contributed by atoms with Crippen molar-refractivity contribution >= 4 is 5.96 Å². The first-order valence-corrected chi connectivity index (χ1v) is 9.01. The van der Waals surface area contributed by atoms with Gasteiger partial charge < -0.3 is 19.7 Å². The van der Waals surface area contributed by atoms with Crippen molar-refractivity contribution in [2.45, 2.75) is 39.9 Å². The lowest BCUT2D eigenvalue weighted by Gasteiger charge is -2.35. The van der Waals surface area contributed by atoms with Gasteiger partial charge in [0.25, 0.3) is 0 Å². The van der Waals surface area contributed by atoms with E-state index in [0.29, 0.717) is 13.2 Å². The first kappa shape index (κ1) is 19.7. The van der Waals surface area contributed by atoms with Crippen molar-refractivity contribution in [3.8, 4) is 0 Å². The van der Waals surface area contributed by atoms with Crippen LogP contribution in [0.5, 0.6) is 0 Å². The molecule has 1 aromatic heterocycles. The Balaban J connectivity index is 2.08. The molecule has 2 rings (SSSR count). The molecular weight excluding hydrogens is 318 g/mol. The number of hydrogen-bond donors (Lipinski definition) is 1. The van der Waals surface area contributed by atoms with Crippen molar-refractivity contribution < 1.29 is 9.47 Å². The molecule has 7 heteroatoms. The van der Waals surface area contributed by atoms with E-state index in [1.807, 2.05) is 24.1 Å². The van der Waals surface area contributed by atoms with Crippen molar-refractivity contribution in [1.29, 1.82) is 0 Å². The van der Waals surface area contributed by atoms with Gasteiger partial charge in [0.05, 0.1) is 32.0 Å². The number of nitrogens with one attached hydrogen (secondary N) is 1. The highest BCUT2D eigenvalue weighted by Crippen LogP contribution is 2.23. The SMILES string of the molecule is CCNC(=NCC(OC)C(C)(C)C)N1CCOC(c2cnn(C)c2)C1. The quantitative estimate of drug-likeness (QED) is 0.648. The van der Waals surface area contributed by atoms with Crippen LogP contribution in [0.15, 0.2) is 17.4 Å². The fraction of sp³-hybridized carbons (Fsp3) is 0.778. The molecule has 0 aromatic carbocycles. The van der Waals surface area contributed by atoms with Crippen molar-refractivity contribution in [1.82, 2.24) is 20.0 Å². The molecule has 1 fully saturated rings. The zero-order valence-electron chi connectivity index (χ0n) is 16.5. The average molecular weight is 351 g/mol. The number of guanidine groups is 1. The van der Waals surface area contributed by atoms with E-state index in [4.69, 9.17) is 14.5 Å². The van der Waals surface area contributed by atoms with Gasteiger partial charge in [0.15, 0.2) is 5.96 Å². The zero-order valence-corrected chi connectivity index (χ0v) is 16.5. The van der Waals surface area contributed by atoms with Crippen LogP contribution in [0.25, 0.3) is 0 Å². The van der Waals surface area contributed by atoms with Gasteiger partial charge in [-0.3, -0.25) is 9.67 Å². The van der Waals surface area contributed by atoms with E-state index < -0.39 is 0 Å². The summed E-state index contributed by atoms with van der Waals surface area (Å²) in [5.41, 5.74) is 1.16. The predicted octanol–water partition coefficient (Wildman–Crippen LogP) is 1.82. The first-order valence-electron chi connectivity index (χ1n) is 9.01. The van der Waals surface area contributed by atoms with Crippen LogP contribution in [0.4, 0.5) is 0 Å². The maximum atomic E-state index is 5.93. The minimum absolute atomic E-state index is 0.0205. The molecule has 0 bridgehead atoms. The van der Waals surface area contributed by atoms with Crippen LogP contribution in [-0.2, 0) is 16.5 Å². The zero-order chi connectivity index (χ0) is 18.4. The minimum atomic E-state index is 0.0205. The number of hydrogen-bond acceptors (Lipinski definition) is 4. The molecule has 1 saturated heterocycles. The third kappa shape index (κ3) is 5.44. The van der Waals surface area contributed by atoms with Gasteiger partial charge in [0.2, 0.25) is 0 Å². The Morgan fingerprint density at radius 1 is 1.52 bits per heavy atom. The van der Waals surface area contributed by atoms with Crippen LogP contribution in [0.1, 0.15) is 39.4 Å². The molecule has 2 heterocycles. The van der Waals surface area contributed by atoms with Gasteiger partial charge in [-0.25, -0.2) is 0 Å². The van der Waals surface area contributed by atoms with Crippen LogP contribution < -0.4 is 5.32 Å². The number of ether oxygens (including phenoxy) is 2. The lowest BCUT2D eigenvalue weighted by Crippen LogP contribution is -2.48. The van der Waals surface area contributed by atoms with Crippen molar-refractivity contribution in [2.75, 3.05) is 39.9 Å². The number of methoxy groups -OCH3 is 1. The molecular formula is C18H33N5O2. The second-order valence-electron chi connectivity index (χ2n) is 7.54. The minimum Gasteiger partial charge on any atom is -0.379 e. The smallest absolute Gasteiger partial charge is 0.194 e. The molecule has 142 valence electrons. The van der Waals surface area contributed by atoms with E-state index in [-0.39, 0.29) is 17.6 Å². The van der Waals surface area contributed by atoms with Crippen LogP contribution in [-0.4, -0.2) is 66.6 Å². The molecule has 0 saturated carbocycles. The Kier molecular flexibility index (Phi) is 6.84. The van der Waals surface area contributed by atoms with Crippen LogP contribution >= 0.6 is 0 Å². The normalized spacial score (nSPS) is 20.6. The maximum absolute atomic E-state index is 5.93. The van der Waals surface area contributed by atoms with Gasteiger partial charge in [0.1, 0.15) is 6.10 Å². The number of nitrogens with zero attached hydrogens (tertiary/aromatic N) is 4. The van der Waals surface area contributed by atoms with E-state index in [1.165, 1.54) is 0 Å².